The summed E-state index contributed by atoms with van der Waals surface area (Å²) >= 11 is 0. The number of hydrogen-bond acceptors (Lipinski definition) is 5. The third-order valence-electron chi connectivity index (χ3n) is 3.23. The van der Waals surface area contributed by atoms with Crippen LogP contribution in [0.4, 0.5) is 0 Å². The number of carbonyl (C=O) groups is 2. The zero-order valence-corrected chi connectivity index (χ0v) is 11.9. The summed E-state index contributed by atoms with van der Waals surface area (Å²) in [5.74, 6) is -0.459. The Bertz CT molecular complexity index is 891. The molecule has 0 saturated carbocycles. The van der Waals surface area contributed by atoms with Gasteiger partial charge in [0.25, 0.3) is 0 Å². The summed E-state index contributed by atoms with van der Waals surface area (Å²) in [5.41, 5.74) is 0.0698. The molecule has 0 aliphatic rings. The average molecular weight is 300 g/mol. The third-order valence-corrected chi connectivity index (χ3v) is 3.23. The van der Waals surface area contributed by atoms with Gasteiger partial charge in [0.15, 0.2) is 17.3 Å². The maximum absolute atomic E-state index is 11.9. The summed E-state index contributed by atoms with van der Waals surface area (Å²) in [6.45, 7) is 1.78. The summed E-state index contributed by atoms with van der Waals surface area (Å²) in [7, 11) is 1.24. The van der Waals surface area contributed by atoms with Crippen molar-refractivity contribution < 1.29 is 23.8 Å². The van der Waals surface area contributed by atoms with Crippen molar-refractivity contribution in [1.82, 2.24) is 9.38 Å². The highest BCUT2D eigenvalue weighted by atomic mass is 16.5. The second-order valence-corrected chi connectivity index (χ2v) is 4.63. The number of fused-ring (bicyclic) bond motifs is 1. The lowest BCUT2D eigenvalue weighted by molar-refractivity contribution is 0.0602. The van der Waals surface area contributed by atoms with Crippen LogP contribution in [-0.2, 0) is 4.74 Å². The Hall–Kier alpha value is -3.09. The van der Waals surface area contributed by atoms with Gasteiger partial charge in [0.05, 0.1) is 18.2 Å². The van der Waals surface area contributed by atoms with Crippen LogP contribution in [0.25, 0.3) is 17.1 Å². The van der Waals surface area contributed by atoms with E-state index in [1.807, 2.05) is 0 Å². The van der Waals surface area contributed by atoms with Crippen molar-refractivity contribution in [2.75, 3.05) is 7.11 Å². The van der Waals surface area contributed by atoms with E-state index < -0.39 is 11.9 Å². The number of pyridine rings is 1. The molecule has 0 radical (unpaired) electrons. The number of aromatic nitrogens is 2. The van der Waals surface area contributed by atoms with Crippen LogP contribution >= 0.6 is 0 Å². The molecule has 0 aliphatic carbocycles. The molecule has 0 aliphatic heterocycles. The third kappa shape index (κ3) is 2.03. The molecule has 22 heavy (non-hydrogen) atoms. The maximum atomic E-state index is 11.9. The molecule has 0 spiro atoms. The predicted octanol–water partition coefficient (Wildman–Crippen LogP) is 2.39. The maximum Gasteiger partial charge on any atom is 0.356 e. The first-order valence-corrected chi connectivity index (χ1v) is 6.42. The molecule has 0 unspecified atom stereocenters. The number of rotatable bonds is 3. The van der Waals surface area contributed by atoms with E-state index in [4.69, 9.17) is 9.15 Å². The molecule has 3 aromatic heterocycles. The fourth-order valence-electron chi connectivity index (χ4n) is 2.29. The minimum atomic E-state index is -1.23. The summed E-state index contributed by atoms with van der Waals surface area (Å²) in [6, 6.07) is 6.56. The molecule has 0 atom stereocenters. The molecule has 0 amide bonds. The van der Waals surface area contributed by atoms with Crippen molar-refractivity contribution in [1.29, 1.82) is 0 Å². The predicted molar refractivity (Wildman–Crippen MR) is 75.9 cm³/mol. The second kappa shape index (κ2) is 5.03. The van der Waals surface area contributed by atoms with E-state index >= 15 is 0 Å². The number of nitrogens with zero attached hydrogens (tertiary/aromatic N) is 2. The molecular formula is C15H12N2O5. The van der Waals surface area contributed by atoms with E-state index in [2.05, 4.69) is 4.98 Å². The van der Waals surface area contributed by atoms with Gasteiger partial charge < -0.3 is 14.3 Å². The van der Waals surface area contributed by atoms with E-state index in [0.717, 1.165) is 0 Å². The molecule has 3 heterocycles. The van der Waals surface area contributed by atoms with Crippen LogP contribution in [0.3, 0.4) is 0 Å². The Morgan fingerprint density at radius 3 is 2.68 bits per heavy atom. The summed E-state index contributed by atoms with van der Waals surface area (Å²) in [5, 5.41) is 9.37. The van der Waals surface area contributed by atoms with E-state index in [1.54, 1.807) is 31.3 Å². The van der Waals surface area contributed by atoms with Crippen LogP contribution in [0.1, 0.15) is 26.6 Å². The number of aryl methyl sites for hydroxylation is 1. The van der Waals surface area contributed by atoms with Gasteiger partial charge in [-0.05, 0) is 31.2 Å². The van der Waals surface area contributed by atoms with Crippen LogP contribution in [-0.4, -0.2) is 33.5 Å². The largest absolute Gasteiger partial charge is 0.476 e. The number of esters is 1. The Morgan fingerprint density at radius 2 is 2.09 bits per heavy atom. The Labute approximate surface area is 124 Å². The van der Waals surface area contributed by atoms with Gasteiger partial charge in [0.2, 0.25) is 0 Å². The van der Waals surface area contributed by atoms with Crippen molar-refractivity contribution in [3.63, 3.8) is 0 Å². The molecule has 0 saturated heterocycles. The van der Waals surface area contributed by atoms with Crippen LogP contribution < -0.4 is 0 Å². The minimum absolute atomic E-state index is 0.129. The lowest BCUT2D eigenvalue weighted by Crippen LogP contribution is -2.06. The van der Waals surface area contributed by atoms with Gasteiger partial charge in [-0.2, -0.15) is 0 Å². The molecule has 0 aromatic carbocycles. The molecule has 3 rings (SSSR count). The molecule has 7 heteroatoms. The van der Waals surface area contributed by atoms with Crippen LogP contribution in [0.15, 0.2) is 34.9 Å². The standard InChI is InChI=1S/C15H12N2O5/c1-8-5-6-10(22-8)13-16-11(14(18)19)12-9(15(20)21-2)4-3-7-17(12)13/h3-7H,1-2H3,(H,18,19). The Morgan fingerprint density at radius 1 is 1.32 bits per heavy atom. The number of imidazole rings is 1. The summed E-state index contributed by atoms with van der Waals surface area (Å²) < 4.78 is 11.7. The molecule has 0 fully saturated rings. The van der Waals surface area contributed by atoms with Gasteiger partial charge in [-0.25, -0.2) is 14.6 Å². The Kier molecular flexibility index (Phi) is 3.17. The summed E-state index contributed by atoms with van der Waals surface area (Å²) in [6.07, 6.45) is 1.62. The van der Waals surface area contributed by atoms with Crippen molar-refractivity contribution >= 4 is 17.5 Å². The number of carboxylic acid groups (broad SMARTS) is 1. The number of methoxy groups -OCH3 is 1. The van der Waals surface area contributed by atoms with Crippen LogP contribution in [0, 0.1) is 6.92 Å². The van der Waals surface area contributed by atoms with E-state index in [-0.39, 0.29) is 16.8 Å². The molecular weight excluding hydrogens is 288 g/mol. The van der Waals surface area contributed by atoms with Crippen molar-refractivity contribution in [2.24, 2.45) is 0 Å². The number of carbonyl (C=O) groups excluding carboxylic acids is 1. The highest BCUT2D eigenvalue weighted by Crippen LogP contribution is 2.27. The second-order valence-electron chi connectivity index (χ2n) is 4.63. The molecule has 0 bridgehead atoms. The van der Waals surface area contributed by atoms with Gasteiger partial charge in [0.1, 0.15) is 5.76 Å². The normalized spacial score (nSPS) is 10.8. The van der Waals surface area contributed by atoms with Crippen LogP contribution in [0.5, 0.6) is 0 Å². The number of ether oxygens (including phenoxy) is 1. The van der Waals surface area contributed by atoms with Gasteiger partial charge in [0, 0.05) is 6.20 Å². The number of aromatic carboxylic acids is 1. The highest BCUT2D eigenvalue weighted by Gasteiger charge is 2.24. The van der Waals surface area contributed by atoms with E-state index in [0.29, 0.717) is 17.3 Å². The topological polar surface area (TPSA) is 94.0 Å². The average Bonchev–Trinajstić information content (AvgIpc) is 3.09. The molecule has 1 N–H and O–H groups in total. The zero-order valence-electron chi connectivity index (χ0n) is 11.9. The first-order valence-electron chi connectivity index (χ1n) is 6.42. The zero-order chi connectivity index (χ0) is 15.9. The van der Waals surface area contributed by atoms with Crippen LogP contribution in [0.2, 0.25) is 0 Å². The molecule has 112 valence electrons. The monoisotopic (exact) mass is 300 g/mol. The first-order chi connectivity index (χ1) is 10.5. The van der Waals surface area contributed by atoms with Gasteiger partial charge in [-0.3, -0.25) is 4.40 Å². The molecule has 3 aromatic rings. The summed E-state index contributed by atoms with van der Waals surface area (Å²) in [4.78, 5) is 27.5. The van der Waals surface area contributed by atoms with Crippen molar-refractivity contribution in [3.05, 3.63) is 47.5 Å². The fraction of sp³-hybridized carbons (Fsp3) is 0.133. The SMILES string of the molecule is COC(=O)c1cccn2c(-c3ccc(C)o3)nc(C(=O)O)c12. The minimum Gasteiger partial charge on any atom is -0.476 e. The number of carboxylic acids is 1. The van der Waals surface area contributed by atoms with Gasteiger partial charge in [-0.15, -0.1) is 0 Å². The number of furan rings is 1. The van der Waals surface area contributed by atoms with Gasteiger partial charge in [-0.1, -0.05) is 0 Å². The van der Waals surface area contributed by atoms with Gasteiger partial charge >= 0.3 is 11.9 Å². The number of hydrogen-bond donors (Lipinski definition) is 1. The lowest BCUT2D eigenvalue weighted by atomic mass is 10.2. The highest BCUT2D eigenvalue weighted by molar-refractivity contribution is 6.05. The molecule has 7 nitrogen and oxygen atoms in total. The van der Waals surface area contributed by atoms with Crippen molar-refractivity contribution in [3.8, 4) is 11.6 Å². The smallest absolute Gasteiger partial charge is 0.356 e. The lowest BCUT2D eigenvalue weighted by Gasteiger charge is -2.04. The van der Waals surface area contributed by atoms with E-state index in [9.17, 15) is 14.7 Å². The van der Waals surface area contributed by atoms with Crippen molar-refractivity contribution in [2.45, 2.75) is 6.92 Å². The van der Waals surface area contributed by atoms with E-state index in [1.165, 1.54) is 17.6 Å². The quantitative estimate of drug-likeness (QED) is 0.746. The first kappa shape index (κ1) is 13.9. The fourth-order valence-corrected chi connectivity index (χ4v) is 2.29. The Balaban J connectivity index is 2.37.